The van der Waals surface area contributed by atoms with Gasteiger partial charge in [-0.1, -0.05) is 17.7 Å². The average molecular weight is 297 g/mol. The van der Waals surface area contributed by atoms with E-state index in [4.69, 9.17) is 16.3 Å². The molecule has 2 heterocycles. The Morgan fingerprint density at radius 1 is 1.45 bits per heavy atom. The summed E-state index contributed by atoms with van der Waals surface area (Å²) in [5, 5.41) is 0.466. The largest absolute Gasteiger partial charge is 0.444 e. The Labute approximate surface area is 125 Å². The monoisotopic (exact) mass is 296 g/mol. The van der Waals surface area contributed by atoms with E-state index in [-0.39, 0.29) is 12.1 Å². The topological polar surface area (TPSA) is 42.4 Å². The summed E-state index contributed by atoms with van der Waals surface area (Å²) in [5.41, 5.74) is 0.414. The maximum absolute atomic E-state index is 12.3. The van der Waals surface area contributed by atoms with E-state index in [2.05, 4.69) is 4.98 Å². The molecule has 2 rings (SSSR count). The smallest absolute Gasteiger partial charge is 0.410 e. The van der Waals surface area contributed by atoms with E-state index in [1.54, 1.807) is 11.1 Å². The predicted octanol–water partition coefficient (Wildman–Crippen LogP) is 4.20. The van der Waals surface area contributed by atoms with Crippen LogP contribution in [0.2, 0.25) is 5.15 Å². The molecule has 1 fully saturated rings. The lowest BCUT2D eigenvalue weighted by Gasteiger charge is -2.37. The third-order valence-electron chi connectivity index (χ3n) is 3.28. The molecule has 0 aromatic carbocycles. The Morgan fingerprint density at radius 2 is 2.20 bits per heavy atom. The molecular formula is C15H21ClN2O2. The van der Waals surface area contributed by atoms with Gasteiger partial charge in [0.15, 0.2) is 0 Å². The highest BCUT2D eigenvalue weighted by atomic mass is 35.5. The van der Waals surface area contributed by atoms with Gasteiger partial charge in [0.05, 0.1) is 6.04 Å². The second kappa shape index (κ2) is 6.00. The maximum atomic E-state index is 12.3. The highest BCUT2D eigenvalue weighted by molar-refractivity contribution is 6.30. The first kappa shape index (κ1) is 15.1. The molecule has 0 saturated carbocycles. The molecule has 1 aromatic rings. The van der Waals surface area contributed by atoms with Crippen molar-refractivity contribution in [1.82, 2.24) is 9.88 Å². The van der Waals surface area contributed by atoms with Gasteiger partial charge < -0.3 is 9.64 Å². The zero-order valence-corrected chi connectivity index (χ0v) is 13.0. The van der Waals surface area contributed by atoms with Crippen LogP contribution in [-0.2, 0) is 4.74 Å². The summed E-state index contributed by atoms with van der Waals surface area (Å²) in [4.78, 5) is 18.2. The van der Waals surface area contributed by atoms with E-state index >= 15 is 0 Å². The summed E-state index contributed by atoms with van der Waals surface area (Å²) in [5.74, 6) is 0. The number of nitrogens with zero attached hydrogens (tertiary/aromatic N) is 2. The molecule has 1 aromatic heterocycles. The minimum atomic E-state index is -0.488. The highest BCUT2D eigenvalue weighted by Crippen LogP contribution is 2.34. The second-order valence-electron chi connectivity index (χ2n) is 6.07. The van der Waals surface area contributed by atoms with Crippen LogP contribution in [0.25, 0.3) is 0 Å². The van der Waals surface area contributed by atoms with Crippen molar-refractivity contribution in [1.29, 1.82) is 0 Å². The summed E-state index contributed by atoms with van der Waals surface area (Å²) >= 11 is 6.17. The lowest BCUT2D eigenvalue weighted by molar-refractivity contribution is 0.00950. The number of hydrogen-bond acceptors (Lipinski definition) is 3. The molecule has 0 unspecified atom stereocenters. The summed E-state index contributed by atoms with van der Waals surface area (Å²) in [6, 6.07) is 3.74. The minimum absolute atomic E-state index is 0.0419. The molecule has 1 atom stereocenters. The van der Waals surface area contributed by atoms with Gasteiger partial charge in [0.25, 0.3) is 0 Å². The molecule has 1 aliphatic rings. The average Bonchev–Trinajstić information content (AvgIpc) is 2.37. The number of rotatable bonds is 1. The van der Waals surface area contributed by atoms with Crippen LogP contribution in [0.15, 0.2) is 18.3 Å². The van der Waals surface area contributed by atoms with Crippen molar-refractivity contribution in [3.8, 4) is 0 Å². The number of ether oxygens (including phenoxy) is 1. The number of halogens is 1. The molecule has 0 aliphatic carbocycles. The molecule has 110 valence electrons. The summed E-state index contributed by atoms with van der Waals surface area (Å²) in [6.45, 7) is 6.33. The Morgan fingerprint density at radius 3 is 2.85 bits per heavy atom. The number of carbonyl (C=O) groups is 1. The van der Waals surface area contributed by atoms with E-state index in [1.165, 1.54) is 0 Å². The zero-order valence-electron chi connectivity index (χ0n) is 12.2. The Hall–Kier alpha value is -1.29. The van der Waals surface area contributed by atoms with Crippen molar-refractivity contribution in [2.45, 2.75) is 51.7 Å². The number of pyridine rings is 1. The van der Waals surface area contributed by atoms with E-state index in [0.29, 0.717) is 11.7 Å². The van der Waals surface area contributed by atoms with Gasteiger partial charge in [-0.25, -0.2) is 9.78 Å². The van der Waals surface area contributed by atoms with Crippen LogP contribution in [-0.4, -0.2) is 28.1 Å². The number of carbonyl (C=O) groups excluding carboxylic acids is 1. The maximum Gasteiger partial charge on any atom is 0.410 e. The van der Waals surface area contributed by atoms with Crippen molar-refractivity contribution in [2.24, 2.45) is 0 Å². The minimum Gasteiger partial charge on any atom is -0.444 e. The van der Waals surface area contributed by atoms with Gasteiger partial charge in [-0.05, 0) is 46.1 Å². The quantitative estimate of drug-likeness (QED) is 0.730. The summed E-state index contributed by atoms with van der Waals surface area (Å²) in [6.07, 6.45) is 4.35. The Kier molecular flexibility index (Phi) is 4.53. The van der Waals surface area contributed by atoms with Crippen LogP contribution in [0.4, 0.5) is 4.79 Å². The van der Waals surface area contributed by atoms with Crippen molar-refractivity contribution < 1.29 is 9.53 Å². The van der Waals surface area contributed by atoms with Crippen LogP contribution < -0.4 is 0 Å². The van der Waals surface area contributed by atoms with E-state index in [1.807, 2.05) is 32.9 Å². The fourth-order valence-electron chi connectivity index (χ4n) is 2.44. The fourth-order valence-corrected chi connectivity index (χ4v) is 2.69. The molecule has 20 heavy (non-hydrogen) atoms. The highest BCUT2D eigenvalue weighted by Gasteiger charge is 2.32. The SMILES string of the molecule is CC(C)(C)OC(=O)N1CCCC[C@H]1c1cccnc1Cl. The number of piperidine rings is 1. The molecule has 1 amide bonds. The first-order valence-corrected chi connectivity index (χ1v) is 7.36. The second-order valence-corrected chi connectivity index (χ2v) is 6.43. The predicted molar refractivity (Wildman–Crippen MR) is 78.8 cm³/mol. The molecule has 0 bridgehead atoms. The number of amides is 1. The zero-order chi connectivity index (χ0) is 14.8. The van der Waals surface area contributed by atoms with Gasteiger partial charge in [0.1, 0.15) is 10.8 Å². The van der Waals surface area contributed by atoms with Crippen molar-refractivity contribution in [2.75, 3.05) is 6.54 Å². The van der Waals surface area contributed by atoms with E-state index in [0.717, 1.165) is 24.8 Å². The Balaban J connectivity index is 2.22. The van der Waals surface area contributed by atoms with Crippen LogP contribution in [0.3, 0.4) is 0 Å². The van der Waals surface area contributed by atoms with E-state index < -0.39 is 5.60 Å². The van der Waals surface area contributed by atoms with Crippen LogP contribution >= 0.6 is 11.6 Å². The van der Waals surface area contributed by atoms with Crippen LogP contribution in [0.5, 0.6) is 0 Å². The summed E-state index contributed by atoms with van der Waals surface area (Å²) in [7, 11) is 0. The van der Waals surface area contributed by atoms with Crippen molar-refractivity contribution in [3.63, 3.8) is 0 Å². The summed E-state index contributed by atoms with van der Waals surface area (Å²) < 4.78 is 5.49. The normalized spacial score (nSPS) is 19.8. The molecule has 1 saturated heterocycles. The van der Waals surface area contributed by atoms with Gasteiger partial charge >= 0.3 is 6.09 Å². The lowest BCUT2D eigenvalue weighted by Crippen LogP contribution is -2.42. The number of likely N-dealkylation sites (tertiary alicyclic amines) is 1. The third kappa shape index (κ3) is 3.63. The van der Waals surface area contributed by atoms with Crippen LogP contribution in [0, 0.1) is 0 Å². The first-order valence-electron chi connectivity index (χ1n) is 6.98. The number of hydrogen-bond donors (Lipinski definition) is 0. The first-order chi connectivity index (χ1) is 9.38. The number of aromatic nitrogens is 1. The lowest BCUT2D eigenvalue weighted by atomic mass is 9.97. The van der Waals surface area contributed by atoms with Crippen LogP contribution in [0.1, 0.15) is 51.6 Å². The van der Waals surface area contributed by atoms with Gasteiger partial charge in [0, 0.05) is 18.3 Å². The van der Waals surface area contributed by atoms with Gasteiger partial charge in [-0.2, -0.15) is 0 Å². The molecule has 5 heteroatoms. The van der Waals surface area contributed by atoms with Crippen molar-refractivity contribution in [3.05, 3.63) is 29.0 Å². The Bertz CT molecular complexity index is 485. The van der Waals surface area contributed by atoms with Gasteiger partial charge in [0.2, 0.25) is 0 Å². The molecule has 0 radical (unpaired) electrons. The van der Waals surface area contributed by atoms with E-state index in [9.17, 15) is 4.79 Å². The molecular weight excluding hydrogens is 276 g/mol. The third-order valence-corrected chi connectivity index (χ3v) is 3.59. The molecule has 0 spiro atoms. The van der Waals surface area contributed by atoms with Gasteiger partial charge in [-0.3, -0.25) is 0 Å². The molecule has 4 nitrogen and oxygen atoms in total. The fraction of sp³-hybridized carbons (Fsp3) is 0.600. The van der Waals surface area contributed by atoms with Crippen molar-refractivity contribution >= 4 is 17.7 Å². The standard InChI is InChI=1S/C15H21ClN2O2/c1-15(2,3)20-14(19)18-10-5-4-8-12(18)11-7-6-9-17-13(11)16/h6-7,9,12H,4-5,8,10H2,1-3H3/t12-/m0/s1. The van der Waals surface area contributed by atoms with Gasteiger partial charge in [-0.15, -0.1) is 0 Å². The molecule has 0 N–H and O–H groups in total. The molecule has 1 aliphatic heterocycles.